The quantitative estimate of drug-likeness (QED) is 0.168. The first kappa shape index (κ1) is 37.7. The minimum absolute atomic E-state index is 0.0682. The van der Waals surface area contributed by atoms with Crippen LogP contribution in [0.25, 0.3) is 44.8 Å². The number of carbonyl (C=O) groups is 1. The van der Waals surface area contributed by atoms with Gasteiger partial charge in [0, 0.05) is 60.6 Å². The number of anilines is 1. The molecule has 0 atom stereocenters. The molecule has 1 aliphatic heterocycles. The zero-order valence-corrected chi connectivity index (χ0v) is 30.1. The van der Waals surface area contributed by atoms with Crippen molar-refractivity contribution in [1.29, 1.82) is 0 Å². The summed E-state index contributed by atoms with van der Waals surface area (Å²) >= 11 is 0. The number of amides is 1. The highest BCUT2D eigenvalue weighted by Gasteiger charge is 2.25. The summed E-state index contributed by atoms with van der Waals surface area (Å²) in [6.45, 7) is 3.91. The first-order valence-electron chi connectivity index (χ1n) is 16.4. The lowest BCUT2D eigenvalue weighted by atomic mass is 9.96. The van der Waals surface area contributed by atoms with Gasteiger partial charge >= 0.3 is 0 Å². The van der Waals surface area contributed by atoms with E-state index in [1.807, 2.05) is 78.4 Å². The van der Waals surface area contributed by atoms with Gasteiger partial charge < -0.3 is 30.2 Å². The maximum absolute atomic E-state index is 13.9. The van der Waals surface area contributed by atoms with Crippen molar-refractivity contribution < 1.29 is 32.0 Å². The number of carbonyl (C=O) groups excluding carboxylic acids is 1. The summed E-state index contributed by atoms with van der Waals surface area (Å²) in [5, 5.41) is 0. The molecule has 13 nitrogen and oxygen atoms in total. The number of ether oxygens (including phenoxy) is 3. The number of hydrogen-bond acceptors (Lipinski definition) is 10. The Bertz CT molecular complexity index is 2220. The smallest absolute Gasteiger partial charge is 0.261 e. The molecule has 1 amide bonds. The molecule has 0 bridgehead atoms. The highest BCUT2D eigenvalue weighted by molar-refractivity contribution is 7.85. The van der Waals surface area contributed by atoms with Crippen LogP contribution in [0.15, 0.2) is 84.0 Å². The molecule has 0 aliphatic carbocycles. The molecule has 1 saturated heterocycles. The second-order valence-electron chi connectivity index (χ2n) is 12.4. The number of aromatic nitrogens is 3. The molecule has 0 saturated carbocycles. The molecule has 14 heteroatoms. The Kier molecular flexibility index (Phi) is 11.7. The Hall–Kier alpha value is -5.57. The fourth-order valence-corrected chi connectivity index (χ4v) is 6.04. The van der Waals surface area contributed by atoms with Crippen molar-refractivity contribution >= 4 is 21.8 Å². The van der Waals surface area contributed by atoms with Crippen LogP contribution < -0.4 is 26.4 Å². The van der Waals surface area contributed by atoms with Gasteiger partial charge in [0.2, 0.25) is 5.43 Å². The summed E-state index contributed by atoms with van der Waals surface area (Å²) in [6, 6.07) is 18.8. The van der Waals surface area contributed by atoms with Crippen molar-refractivity contribution in [2.45, 2.75) is 26.3 Å². The maximum atomic E-state index is 13.9. The van der Waals surface area contributed by atoms with Crippen LogP contribution in [-0.4, -0.2) is 67.1 Å². The fourth-order valence-electron chi connectivity index (χ4n) is 6.04. The number of pyridine rings is 3. The zero-order chi connectivity index (χ0) is 37.6. The summed E-state index contributed by atoms with van der Waals surface area (Å²) in [5.74, 6) is 1.03. The lowest BCUT2D eigenvalue weighted by Crippen LogP contribution is -2.29. The Labute approximate surface area is 302 Å². The number of aryl methyl sites for hydroxylation is 1. The summed E-state index contributed by atoms with van der Waals surface area (Å²) in [4.78, 5) is 36.1. The van der Waals surface area contributed by atoms with Gasteiger partial charge in [-0.1, -0.05) is 35.9 Å². The van der Waals surface area contributed by atoms with Gasteiger partial charge in [0.05, 0.1) is 31.9 Å². The van der Waals surface area contributed by atoms with Gasteiger partial charge in [-0.05, 0) is 67.1 Å². The standard InChI is InChI=1S/C37H37N5O5.CH4O3S/c1-22-4-6-24(7-5-22)29-21-42(20-23-12-14-47-15-13-23)34(33(35(29)43)37(39)44)26-8-10-30(40-18-26)28-16-27(19-41-36(28)38)25-9-11-31(45-2)32(17-25)46-3;1-5(2,3)4/h4-11,16-19,21,23H,12-15,20H2,1-3H3,(H2,38,41)(H2,39,44);1H3,(H,2,3,4). The molecule has 5 aromatic rings. The molecule has 1 aliphatic rings. The van der Waals surface area contributed by atoms with Crippen molar-refractivity contribution in [3.05, 3.63) is 101 Å². The highest BCUT2D eigenvalue weighted by atomic mass is 32.2. The van der Waals surface area contributed by atoms with E-state index in [1.165, 1.54) is 0 Å². The van der Waals surface area contributed by atoms with E-state index in [9.17, 15) is 18.0 Å². The Balaban J connectivity index is 0.000000979. The van der Waals surface area contributed by atoms with Gasteiger partial charge in [-0.2, -0.15) is 8.42 Å². The summed E-state index contributed by atoms with van der Waals surface area (Å²) in [6.07, 6.45) is 7.64. The third kappa shape index (κ3) is 9.01. The maximum Gasteiger partial charge on any atom is 0.261 e. The molecule has 52 heavy (non-hydrogen) atoms. The van der Waals surface area contributed by atoms with Crippen molar-refractivity contribution in [3.63, 3.8) is 0 Å². The average molecular weight is 728 g/mol. The molecular formula is C38H41N5O8S. The monoisotopic (exact) mass is 727 g/mol. The zero-order valence-electron chi connectivity index (χ0n) is 29.3. The van der Waals surface area contributed by atoms with Crippen molar-refractivity contribution in [2.75, 3.05) is 39.4 Å². The first-order chi connectivity index (χ1) is 24.8. The predicted octanol–water partition coefficient (Wildman–Crippen LogP) is 5.24. The van der Waals surface area contributed by atoms with Gasteiger partial charge in [0.1, 0.15) is 11.4 Å². The molecule has 1 fully saturated rings. The number of nitrogens with two attached hydrogens (primary N) is 2. The molecule has 0 radical (unpaired) electrons. The lowest BCUT2D eigenvalue weighted by Gasteiger charge is -2.26. The van der Waals surface area contributed by atoms with Crippen LogP contribution >= 0.6 is 0 Å². The van der Waals surface area contributed by atoms with Crippen molar-refractivity contribution in [3.8, 4) is 56.3 Å². The van der Waals surface area contributed by atoms with Gasteiger partial charge in [-0.25, -0.2) is 4.98 Å². The summed E-state index contributed by atoms with van der Waals surface area (Å²) in [7, 11) is -0.493. The molecule has 5 N–H and O–H groups in total. The van der Waals surface area contributed by atoms with Gasteiger partial charge in [-0.3, -0.25) is 19.1 Å². The van der Waals surface area contributed by atoms with E-state index in [-0.39, 0.29) is 5.56 Å². The van der Waals surface area contributed by atoms with E-state index < -0.39 is 21.5 Å². The van der Waals surface area contributed by atoms with Gasteiger partial charge in [0.15, 0.2) is 11.5 Å². The number of rotatable bonds is 9. The first-order valence-corrected chi connectivity index (χ1v) is 18.2. The van der Waals surface area contributed by atoms with E-state index in [0.717, 1.165) is 35.1 Å². The van der Waals surface area contributed by atoms with E-state index in [4.69, 9.17) is 35.2 Å². The molecule has 4 heterocycles. The normalized spacial score (nSPS) is 13.2. The van der Waals surface area contributed by atoms with Crippen LogP contribution in [0, 0.1) is 12.8 Å². The molecule has 3 aromatic heterocycles. The second-order valence-corrected chi connectivity index (χ2v) is 13.9. The SMILES string of the molecule is COc1ccc(-c2cnc(N)c(-c3ccc(-c4c(C(N)=O)c(=O)c(-c5ccc(C)cc5)cn4CC4CCOCC4)cn3)c2)cc1OC.CS(=O)(=O)O. The predicted molar refractivity (Wildman–Crippen MR) is 200 cm³/mol. The second kappa shape index (κ2) is 16.2. The molecular weight excluding hydrogens is 687 g/mol. The van der Waals surface area contributed by atoms with Crippen LogP contribution in [0.2, 0.25) is 0 Å². The van der Waals surface area contributed by atoms with Crippen LogP contribution in [0.5, 0.6) is 11.5 Å². The minimum Gasteiger partial charge on any atom is -0.493 e. The number of methoxy groups -OCH3 is 2. The minimum atomic E-state index is -3.67. The third-order valence-electron chi connectivity index (χ3n) is 8.63. The number of hydrogen-bond donors (Lipinski definition) is 3. The fraction of sp³-hybridized carbons (Fsp3) is 0.263. The van der Waals surface area contributed by atoms with Crippen LogP contribution in [-0.2, 0) is 21.4 Å². The molecule has 0 spiro atoms. The van der Waals surface area contributed by atoms with Crippen LogP contribution in [0.1, 0.15) is 28.8 Å². The largest absolute Gasteiger partial charge is 0.493 e. The van der Waals surface area contributed by atoms with E-state index >= 15 is 0 Å². The molecule has 6 rings (SSSR count). The van der Waals surface area contributed by atoms with E-state index in [2.05, 4.69) is 4.98 Å². The average Bonchev–Trinajstić information content (AvgIpc) is 3.12. The number of nitrogens with zero attached hydrogens (tertiary/aromatic N) is 3. The lowest BCUT2D eigenvalue weighted by molar-refractivity contribution is 0.0613. The number of primary amides is 1. The summed E-state index contributed by atoms with van der Waals surface area (Å²) < 4.78 is 44.3. The molecule has 2 aromatic carbocycles. The number of nitrogen functional groups attached to an aromatic ring is 1. The number of benzene rings is 2. The summed E-state index contributed by atoms with van der Waals surface area (Å²) in [5.41, 5.74) is 17.9. The molecule has 272 valence electrons. The van der Waals surface area contributed by atoms with Crippen LogP contribution in [0.4, 0.5) is 5.82 Å². The Morgan fingerprint density at radius 1 is 0.904 bits per heavy atom. The van der Waals surface area contributed by atoms with Gasteiger partial charge in [-0.15, -0.1) is 0 Å². The topological polar surface area (TPSA) is 199 Å². The van der Waals surface area contributed by atoms with Crippen LogP contribution in [0.3, 0.4) is 0 Å². The highest BCUT2D eigenvalue weighted by Crippen LogP contribution is 2.35. The third-order valence-corrected chi connectivity index (χ3v) is 8.63. The van der Waals surface area contributed by atoms with E-state index in [1.54, 1.807) is 26.6 Å². The molecule has 0 unspecified atom stereocenters. The van der Waals surface area contributed by atoms with Crippen molar-refractivity contribution in [1.82, 2.24) is 14.5 Å². The van der Waals surface area contributed by atoms with Gasteiger partial charge in [0.25, 0.3) is 16.0 Å². The Morgan fingerprint density at radius 3 is 2.12 bits per heavy atom. The Morgan fingerprint density at radius 2 is 1.52 bits per heavy atom. The van der Waals surface area contributed by atoms with E-state index in [0.29, 0.717) is 77.3 Å². The van der Waals surface area contributed by atoms with Crippen molar-refractivity contribution in [2.24, 2.45) is 11.7 Å².